The van der Waals surface area contributed by atoms with Gasteiger partial charge in [-0.1, -0.05) is 39.3 Å². The first-order valence-electron chi connectivity index (χ1n) is 12.8. The Labute approximate surface area is 226 Å². The van der Waals surface area contributed by atoms with Crippen molar-refractivity contribution in [3.63, 3.8) is 0 Å². The van der Waals surface area contributed by atoms with Gasteiger partial charge in [-0.3, -0.25) is 4.79 Å². The van der Waals surface area contributed by atoms with Gasteiger partial charge in [0.15, 0.2) is 0 Å². The molecule has 2 aromatic carbocycles. The lowest BCUT2D eigenvalue weighted by molar-refractivity contribution is 0.0692. The van der Waals surface area contributed by atoms with E-state index in [0.717, 1.165) is 16.8 Å². The van der Waals surface area contributed by atoms with Crippen molar-refractivity contribution >= 4 is 34.2 Å². The van der Waals surface area contributed by atoms with Gasteiger partial charge in [-0.15, -0.1) is 0 Å². The number of rotatable bonds is 7. The average Bonchev–Trinajstić information content (AvgIpc) is 2.87. The molecule has 1 saturated heterocycles. The molecule has 0 aliphatic carbocycles. The van der Waals surface area contributed by atoms with Gasteiger partial charge >= 0.3 is 5.97 Å². The number of hydrogen-bond donors (Lipinski definition) is 2. The summed E-state index contributed by atoms with van der Waals surface area (Å²) in [5, 5.41) is 20.2. The number of ether oxygens (including phenoxy) is 1. The number of carbonyl (C=O) groups is 1. The summed E-state index contributed by atoms with van der Waals surface area (Å²) >= 11 is 6.29. The minimum Gasteiger partial charge on any atom is -0.477 e. The first-order valence-corrected chi connectivity index (χ1v) is 13.2. The van der Waals surface area contributed by atoms with Crippen LogP contribution in [0.4, 0.5) is 10.1 Å². The molecule has 0 radical (unpaired) electrons. The number of aryl methyl sites for hydroxylation is 1. The summed E-state index contributed by atoms with van der Waals surface area (Å²) in [6, 6.07) is 6.46. The fourth-order valence-electron chi connectivity index (χ4n) is 5.14. The van der Waals surface area contributed by atoms with Gasteiger partial charge in [-0.05, 0) is 52.8 Å². The maximum absolute atomic E-state index is 15.2. The number of pyridine rings is 1. The van der Waals surface area contributed by atoms with Crippen molar-refractivity contribution in [1.29, 1.82) is 0 Å². The largest absolute Gasteiger partial charge is 0.477 e. The molecule has 1 aliphatic heterocycles. The fourth-order valence-corrected chi connectivity index (χ4v) is 5.37. The van der Waals surface area contributed by atoms with E-state index in [-0.39, 0.29) is 29.0 Å². The highest BCUT2D eigenvalue weighted by atomic mass is 35.5. The van der Waals surface area contributed by atoms with Gasteiger partial charge in [0.05, 0.1) is 36.4 Å². The zero-order valence-corrected chi connectivity index (χ0v) is 22.9. The number of fused-ring (bicyclic) bond motifs is 1. The van der Waals surface area contributed by atoms with Crippen LogP contribution in [-0.4, -0.2) is 53.7 Å². The number of carboxylic acids is 1. The number of aromatic carboxylic acids is 1. The van der Waals surface area contributed by atoms with Gasteiger partial charge in [-0.2, -0.15) is 0 Å². The molecule has 1 unspecified atom stereocenters. The third-order valence-electron chi connectivity index (χ3n) is 7.32. The Morgan fingerprint density at radius 1 is 1.13 bits per heavy atom. The Kier molecular flexibility index (Phi) is 8.16. The topological polar surface area (TPSA) is 92.0 Å². The van der Waals surface area contributed by atoms with Crippen molar-refractivity contribution < 1.29 is 24.1 Å². The molecule has 0 spiro atoms. The molecule has 9 heteroatoms. The van der Waals surface area contributed by atoms with Gasteiger partial charge in [0.2, 0.25) is 5.43 Å². The molecule has 2 N–H and O–H groups in total. The van der Waals surface area contributed by atoms with Crippen molar-refractivity contribution in [2.45, 2.75) is 46.6 Å². The number of aromatic nitrogens is 1. The summed E-state index contributed by atoms with van der Waals surface area (Å²) in [5.41, 5.74) is 1.94. The van der Waals surface area contributed by atoms with Crippen LogP contribution in [0.25, 0.3) is 10.9 Å². The van der Waals surface area contributed by atoms with E-state index in [0.29, 0.717) is 43.8 Å². The zero-order valence-electron chi connectivity index (χ0n) is 22.2. The quantitative estimate of drug-likeness (QED) is 0.432. The number of morpholine rings is 1. The molecule has 2 heterocycles. The molecule has 3 aromatic rings. The van der Waals surface area contributed by atoms with Crippen molar-refractivity contribution in [2.75, 3.05) is 37.8 Å². The number of benzene rings is 2. The molecule has 4 rings (SSSR count). The monoisotopic (exact) mass is 544 g/mol. The number of halogens is 2. The van der Waals surface area contributed by atoms with Crippen LogP contribution >= 0.6 is 11.6 Å². The first-order chi connectivity index (χ1) is 18.0. The number of carboxylic acid groups (broad SMARTS) is 1. The summed E-state index contributed by atoms with van der Waals surface area (Å²) in [6.07, 6.45) is 2.11. The molecule has 204 valence electrons. The SMILES string of the molecule is CCc1cc2c(cc1Cc1cc(N3CCOCC3)cc(Cl)c1F)c(=O)c(C(=O)O)cn2C(CO)C(C)(C)C. The van der Waals surface area contributed by atoms with Crippen molar-refractivity contribution in [1.82, 2.24) is 4.57 Å². The second kappa shape index (κ2) is 11.0. The van der Waals surface area contributed by atoms with Crippen LogP contribution < -0.4 is 10.3 Å². The third kappa shape index (κ3) is 5.44. The predicted molar refractivity (Wildman–Crippen MR) is 147 cm³/mol. The van der Waals surface area contributed by atoms with Crippen LogP contribution in [0.5, 0.6) is 0 Å². The smallest absolute Gasteiger partial charge is 0.341 e. The van der Waals surface area contributed by atoms with Gasteiger partial charge in [0.1, 0.15) is 11.4 Å². The second-order valence-electron chi connectivity index (χ2n) is 10.8. The summed E-state index contributed by atoms with van der Waals surface area (Å²) in [7, 11) is 0. The molecular formula is C29H34ClFN2O5. The summed E-state index contributed by atoms with van der Waals surface area (Å²) in [6.45, 7) is 10.1. The minimum atomic E-state index is -1.34. The van der Waals surface area contributed by atoms with E-state index < -0.39 is 28.7 Å². The van der Waals surface area contributed by atoms with E-state index in [2.05, 4.69) is 4.90 Å². The first kappa shape index (κ1) is 28.1. The molecule has 0 bridgehead atoms. The zero-order chi connectivity index (χ0) is 27.8. The highest BCUT2D eigenvalue weighted by Gasteiger charge is 2.29. The molecule has 0 amide bonds. The second-order valence-corrected chi connectivity index (χ2v) is 11.2. The van der Waals surface area contributed by atoms with E-state index in [1.807, 2.05) is 33.8 Å². The van der Waals surface area contributed by atoms with E-state index in [9.17, 15) is 19.8 Å². The normalized spacial score (nSPS) is 15.2. The van der Waals surface area contributed by atoms with E-state index in [1.54, 1.807) is 22.8 Å². The number of aliphatic hydroxyl groups excluding tert-OH is 1. The maximum Gasteiger partial charge on any atom is 0.341 e. The Bertz CT molecular complexity index is 1420. The minimum absolute atomic E-state index is 0.0225. The van der Waals surface area contributed by atoms with Gasteiger partial charge in [0.25, 0.3) is 0 Å². The Hall–Kier alpha value is -2.94. The Morgan fingerprint density at radius 3 is 2.39 bits per heavy atom. The summed E-state index contributed by atoms with van der Waals surface area (Å²) in [4.78, 5) is 27.4. The van der Waals surface area contributed by atoms with E-state index in [4.69, 9.17) is 16.3 Å². The van der Waals surface area contributed by atoms with Crippen LogP contribution in [-0.2, 0) is 17.6 Å². The van der Waals surface area contributed by atoms with Gasteiger partial charge in [-0.25, -0.2) is 9.18 Å². The van der Waals surface area contributed by atoms with Crippen LogP contribution in [0.2, 0.25) is 5.02 Å². The van der Waals surface area contributed by atoms with Crippen molar-refractivity contribution in [3.05, 3.63) is 73.8 Å². The lowest BCUT2D eigenvalue weighted by atomic mass is 9.86. The summed E-state index contributed by atoms with van der Waals surface area (Å²) in [5.74, 6) is -1.86. The molecular weight excluding hydrogens is 511 g/mol. The number of hydrogen-bond acceptors (Lipinski definition) is 5. The Morgan fingerprint density at radius 2 is 1.82 bits per heavy atom. The Balaban J connectivity index is 1.91. The van der Waals surface area contributed by atoms with Crippen LogP contribution in [0.3, 0.4) is 0 Å². The van der Waals surface area contributed by atoms with Crippen LogP contribution in [0.1, 0.15) is 60.8 Å². The standard InChI is InChI=1S/C29H34ClFN2O5/c1-5-17-13-24-21(27(35)22(28(36)37)15-33(24)25(16-34)29(2,3)4)12-18(17)10-19-11-20(14-23(30)26(19)31)32-6-8-38-9-7-32/h11-15,25,34H,5-10,16H2,1-4H3,(H,36,37). The van der Waals surface area contributed by atoms with Crippen molar-refractivity contribution in [3.8, 4) is 0 Å². The molecule has 0 saturated carbocycles. The lowest BCUT2D eigenvalue weighted by Gasteiger charge is -2.33. The van der Waals surface area contributed by atoms with Crippen LogP contribution in [0, 0.1) is 11.2 Å². The number of nitrogens with zero attached hydrogens (tertiary/aromatic N) is 2. The molecule has 38 heavy (non-hydrogen) atoms. The molecule has 1 atom stereocenters. The van der Waals surface area contributed by atoms with E-state index >= 15 is 4.39 Å². The molecule has 1 aliphatic rings. The third-order valence-corrected chi connectivity index (χ3v) is 7.59. The van der Waals surface area contributed by atoms with Gasteiger partial charge < -0.3 is 24.4 Å². The maximum atomic E-state index is 15.2. The van der Waals surface area contributed by atoms with Crippen molar-refractivity contribution in [2.24, 2.45) is 5.41 Å². The number of aliphatic hydroxyl groups is 1. The summed E-state index contributed by atoms with van der Waals surface area (Å²) < 4.78 is 22.4. The highest BCUT2D eigenvalue weighted by molar-refractivity contribution is 6.31. The highest BCUT2D eigenvalue weighted by Crippen LogP contribution is 2.34. The van der Waals surface area contributed by atoms with Gasteiger partial charge in [0, 0.05) is 36.8 Å². The lowest BCUT2D eigenvalue weighted by Crippen LogP contribution is -2.36. The predicted octanol–water partition coefficient (Wildman–Crippen LogP) is 5.06. The molecule has 1 aromatic heterocycles. The molecule has 7 nitrogen and oxygen atoms in total. The molecule has 1 fully saturated rings. The average molecular weight is 545 g/mol. The number of anilines is 1. The van der Waals surface area contributed by atoms with Crippen LogP contribution in [0.15, 0.2) is 35.3 Å². The van der Waals surface area contributed by atoms with E-state index in [1.165, 1.54) is 6.20 Å². The fraction of sp³-hybridized carbons (Fsp3) is 0.448.